The quantitative estimate of drug-likeness (QED) is 0.704. The third kappa shape index (κ3) is 5.31. The molecule has 1 aliphatic rings. The van der Waals surface area contributed by atoms with Crippen LogP contribution in [0.5, 0.6) is 0 Å². The molecule has 1 aromatic carbocycles. The number of aromatic nitrogens is 1. The molecule has 3 rings (SSSR count). The Balaban J connectivity index is 1.55. The van der Waals surface area contributed by atoms with Gasteiger partial charge in [0.2, 0.25) is 5.91 Å². The van der Waals surface area contributed by atoms with E-state index in [2.05, 4.69) is 10.3 Å². The molecular weight excluding hydrogens is 418 g/mol. The number of carbonyl (C=O) groups excluding carboxylic acids is 2. The summed E-state index contributed by atoms with van der Waals surface area (Å²) in [6, 6.07) is 8.56. The van der Waals surface area contributed by atoms with Gasteiger partial charge in [-0.1, -0.05) is 12.1 Å². The van der Waals surface area contributed by atoms with E-state index in [-0.39, 0.29) is 5.69 Å². The number of benzene rings is 1. The van der Waals surface area contributed by atoms with Gasteiger partial charge in [0.1, 0.15) is 11.7 Å². The molecule has 6 nitrogen and oxygen atoms in total. The molecule has 152 valence electrons. The highest BCUT2D eigenvalue weighted by Crippen LogP contribution is 2.31. The van der Waals surface area contributed by atoms with Crippen LogP contribution >= 0.6 is 23.1 Å². The predicted octanol–water partition coefficient (Wildman–Crippen LogP) is 2.95. The number of likely N-dealkylation sites (tertiary alicyclic amines) is 1. The largest absolute Gasteiger partial charge is 0.342 e. The highest BCUT2D eigenvalue weighted by atomic mass is 32.2. The molecule has 0 saturated carbocycles. The molecule has 1 aliphatic heterocycles. The van der Waals surface area contributed by atoms with Crippen LogP contribution < -0.4 is 5.32 Å². The molecule has 1 fully saturated rings. The van der Waals surface area contributed by atoms with E-state index >= 15 is 0 Å². The number of hydrogen-bond acceptors (Lipinski definition) is 6. The lowest BCUT2D eigenvalue weighted by Crippen LogP contribution is -2.43. The molecule has 1 atom stereocenters. The van der Waals surface area contributed by atoms with Crippen molar-refractivity contribution in [1.82, 2.24) is 15.2 Å². The first-order valence-electron chi connectivity index (χ1n) is 8.74. The number of carbonyl (C=O) groups is 2. The van der Waals surface area contributed by atoms with Crippen molar-refractivity contribution in [3.8, 4) is 6.07 Å². The summed E-state index contributed by atoms with van der Waals surface area (Å²) >= 11 is 2.98. The number of nitrogens with one attached hydrogen (secondary N) is 1. The summed E-state index contributed by atoms with van der Waals surface area (Å²) in [6.45, 7) is -1.27. The third-order valence-corrected chi connectivity index (χ3v) is 6.03. The molecule has 2 amide bonds. The maximum Gasteiger partial charge on any atom is 0.271 e. The molecule has 1 aromatic heterocycles. The summed E-state index contributed by atoms with van der Waals surface area (Å²) in [4.78, 5) is 30.6. The van der Waals surface area contributed by atoms with Gasteiger partial charge in [-0.05, 0) is 24.0 Å². The SMILES string of the molecule is CSc1ccc(Cc2nc(C(=O)NCC(=O)N3CC(F)(F)C[C@H]3C#N)cs2)cc1. The zero-order valence-corrected chi connectivity index (χ0v) is 17.2. The van der Waals surface area contributed by atoms with E-state index in [4.69, 9.17) is 5.26 Å². The topological polar surface area (TPSA) is 86.1 Å². The Labute approximate surface area is 174 Å². The molecule has 0 radical (unpaired) electrons. The number of hydrogen-bond donors (Lipinski definition) is 1. The first kappa shape index (κ1) is 21.2. The minimum atomic E-state index is -3.09. The lowest BCUT2D eigenvalue weighted by atomic mass is 10.2. The zero-order valence-electron chi connectivity index (χ0n) is 15.5. The molecule has 0 unspecified atom stereocenters. The Bertz CT molecular complexity index is 940. The van der Waals surface area contributed by atoms with Crippen LogP contribution in [0, 0.1) is 11.3 Å². The fraction of sp³-hybridized carbons (Fsp3) is 0.368. The summed E-state index contributed by atoms with van der Waals surface area (Å²) in [7, 11) is 0. The molecule has 0 bridgehead atoms. The first-order chi connectivity index (χ1) is 13.8. The molecular formula is C19H18F2N4O2S2. The van der Waals surface area contributed by atoms with Crippen LogP contribution in [-0.2, 0) is 11.2 Å². The number of rotatable bonds is 6. The summed E-state index contributed by atoms with van der Waals surface area (Å²) in [6.07, 6.45) is 1.90. The Kier molecular flexibility index (Phi) is 6.49. The fourth-order valence-corrected chi connectivity index (χ4v) is 4.17. The highest BCUT2D eigenvalue weighted by molar-refractivity contribution is 7.98. The minimum absolute atomic E-state index is 0.169. The van der Waals surface area contributed by atoms with Crippen LogP contribution in [0.15, 0.2) is 34.5 Å². The van der Waals surface area contributed by atoms with E-state index in [0.717, 1.165) is 20.4 Å². The van der Waals surface area contributed by atoms with Crippen molar-refractivity contribution < 1.29 is 18.4 Å². The average molecular weight is 437 g/mol. The number of nitriles is 1. The van der Waals surface area contributed by atoms with Gasteiger partial charge in [-0.3, -0.25) is 9.59 Å². The smallest absolute Gasteiger partial charge is 0.271 e. The number of thioether (sulfide) groups is 1. The fourth-order valence-electron chi connectivity index (χ4n) is 2.96. The molecule has 2 heterocycles. The van der Waals surface area contributed by atoms with Gasteiger partial charge in [0, 0.05) is 23.1 Å². The molecule has 1 N–H and O–H groups in total. The van der Waals surface area contributed by atoms with E-state index in [1.54, 1.807) is 23.2 Å². The Morgan fingerprint density at radius 3 is 2.79 bits per heavy atom. The summed E-state index contributed by atoms with van der Waals surface area (Å²) < 4.78 is 26.9. The van der Waals surface area contributed by atoms with Gasteiger partial charge in [-0.2, -0.15) is 5.26 Å². The van der Waals surface area contributed by atoms with Crippen molar-refractivity contribution in [2.24, 2.45) is 0 Å². The molecule has 29 heavy (non-hydrogen) atoms. The van der Waals surface area contributed by atoms with Crippen LogP contribution in [0.25, 0.3) is 0 Å². The van der Waals surface area contributed by atoms with Crippen molar-refractivity contribution in [1.29, 1.82) is 5.26 Å². The normalized spacial score (nSPS) is 17.7. The van der Waals surface area contributed by atoms with Crippen LogP contribution in [0.1, 0.15) is 27.5 Å². The lowest BCUT2D eigenvalue weighted by molar-refractivity contribution is -0.131. The van der Waals surface area contributed by atoms with Crippen molar-refractivity contribution in [3.63, 3.8) is 0 Å². The van der Waals surface area contributed by atoms with Gasteiger partial charge >= 0.3 is 0 Å². The zero-order chi connectivity index (χ0) is 21.0. The number of amides is 2. The summed E-state index contributed by atoms with van der Waals surface area (Å²) in [5, 5.41) is 13.7. The van der Waals surface area contributed by atoms with Gasteiger partial charge in [-0.25, -0.2) is 13.8 Å². The summed E-state index contributed by atoms with van der Waals surface area (Å²) in [5.74, 6) is -4.36. The van der Waals surface area contributed by atoms with Gasteiger partial charge in [0.25, 0.3) is 11.8 Å². The minimum Gasteiger partial charge on any atom is -0.342 e. The second kappa shape index (κ2) is 8.88. The molecule has 0 spiro atoms. The molecule has 0 aliphatic carbocycles. The van der Waals surface area contributed by atoms with Crippen LogP contribution in [0.3, 0.4) is 0 Å². The van der Waals surface area contributed by atoms with Gasteiger partial charge < -0.3 is 10.2 Å². The van der Waals surface area contributed by atoms with Crippen LogP contribution in [0.2, 0.25) is 0 Å². The number of alkyl halides is 2. The van der Waals surface area contributed by atoms with E-state index in [9.17, 15) is 18.4 Å². The second-order valence-electron chi connectivity index (χ2n) is 6.56. The predicted molar refractivity (Wildman–Crippen MR) is 106 cm³/mol. The summed E-state index contributed by atoms with van der Waals surface area (Å²) in [5.41, 5.74) is 1.24. The monoisotopic (exact) mass is 436 g/mol. The lowest BCUT2D eigenvalue weighted by Gasteiger charge is -2.19. The van der Waals surface area contributed by atoms with Gasteiger partial charge in [0.05, 0.1) is 24.2 Å². The maximum absolute atomic E-state index is 13.4. The van der Waals surface area contributed by atoms with E-state index in [1.807, 2.05) is 30.5 Å². The first-order valence-corrected chi connectivity index (χ1v) is 10.8. The Morgan fingerprint density at radius 1 is 1.41 bits per heavy atom. The average Bonchev–Trinajstić information content (AvgIpc) is 3.30. The molecule has 1 saturated heterocycles. The van der Waals surface area contributed by atoms with Crippen molar-refractivity contribution in [2.75, 3.05) is 19.3 Å². The highest BCUT2D eigenvalue weighted by Gasteiger charge is 2.47. The van der Waals surface area contributed by atoms with E-state index < -0.39 is 43.3 Å². The molecule has 10 heteroatoms. The number of nitrogens with zero attached hydrogens (tertiary/aromatic N) is 3. The number of thiazole rings is 1. The maximum atomic E-state index is 13.4. The Hall–Kier alpha value is -2.51. The van der Waals surface area contributed by atoms with Crippen molar-refractivity contribution in [3.05, 3.63) is 45.9 Å². The Morgan fingerprint density at radius 2 is 2.14 bits per heavy atom. The third-order valence-electron chi connectivity index (χ3n) is 4.44. The second-order valence-corrected chi connectivity index (χ2v) is 8.38. The van der Waals surface area contributed by atoms with Gasteiger partial charge in [-0.15, -0.1) is 23.1 Å². The molecule has 2 aromatic rings. The van der Waals surface area contributed by atoms with Crippen LogP contribution in [-0.4, -0.2) is 53.0 Å². The van der Waals surface area contributed by atoms with E-state index in [0.29, 0.717) is 6.42 Å². The van der Waals surface area contributed by atoms with Gasteiger partial charge in [0.15, 0.2) is 0 Å². The van der Waals surface area contributed by atoms with Crippen molar-refractivity contribution in [2.45, 2.75) is 29.7 Å². The van der Waals surface area contributed by atoms with Crippen molar-refractivity contribution >= 4 is 34.9 Å². The van der Waals surface area contributed by atoms with E-state index in [1.165, 1.54) is 11.3 Å². The standard InChI is InChI=1S/C19H18F2N4O2S2/c1-28-14-4-2-12(3-5-14)6-16-24-15(10-29-16)18(27)23-9-17(26)25-11-19(20,21)7-13(25)8-22/h2-5,10,13H,6-7,9,11H2,1H3,(H,23,27)/t13-/m0/s1. The van der Waals surface area contributed by atoms with Crippen LogP contribution in [0.4, 0.5) is 8.78 Å². The number of halogens is 2.